The van der Waals surface area contributed by atoms with Crippen molar-refractivity contribution in [1.82, 2.24) is 34.9 Å². The monoisotopic (exact) mass is 552 g/mol. The number of carbonyl (C=O) groups excluding carboxylic acids is 2. The number of nitrogens with one attached hydrogen (secondary N) is 1. The maximum absolute atomic E-state index is 13.5. The number of amides is 2. The maximum Gasteiger partial charge on any atom is 0.272 e. The molecule has 1 aliphatic heterocycles. The Labute approximate surface area is 240 Å². The smallest absolute Gasteiger partial charge is 0.272 e. The first kappa shape index (κ1) is 27.9. The summed E-state index contributed by atoms with van der Waals surface area (Å²) in [5.74, 6) is 1.27. The van der Waals surface area contributed by atoms with E-state index in [1.165, 1.54) is 4.90 Å². The molecule has 212 valence electrons. The standard InChI is InChI=1S/C31H36N8O2/c1-19(2)39-28-21(4)17-38(26-12-11-24(16-32-26)31(41)37(5)6)18-25(28)27(36-39)30(40)35-15-22-7-9-23(10-8-22)29-33-13-20(3)14-34-29/h7-14,16,19,21H,15,17-18H2,1-6H3,(H,35,40)/t21-/m0/s1. The summed E-state index contributed by atoms with van der Waals surface area (Å²) in [6.07, 6.45) is 5.21. The largest absolute Gasteiger partial charge is 0.351 e. The van der Waals surface area contributed by atoms with E-state index in [0.29, 0.717) is 30.2 Å². The molecule has 3 aromatic heterocycles. The van der Waals surface area contributed by atoms with Crippen LogP contribution in [0.3, 0.4) is 0 Å². The first-order valence-electron chi connectivity index (χ1n) is 13.8. The van der Waals surface area contributed by atoms with Gasteiger partial charge in [0.25, 0.3) is 11.8 Å². The molecule has 0 aliphatic carbocycles. The van der Waals surface area contributed by atoms with Gasteiger partial charge in [-0.1, -0.05) is 31.2 Å². The molecule has 10 nitrogen and oxygen atoms in total. The third-order valence-corrected chi connectivity index (χ3v) is 7.23. The first-order chi connectivity index (χ1) is 19.6. The van der Waals surface area contributed by atoms with Gasteiger partial charge in [0.1, 0.15) is 5.82 Å². The molecule has 1 aromatic carbocycles. The van der Waals surface area contributed by atoms with Gasteiger partial charge in [0.15, 0.2) is 11.5 Å². The average molecular weight is 553 g/mol. The number of aromatic nitrogens is 5. The van der Waals surface area contributed by atoms with Crippen LogP contribution in [0.25, 0.3) is 11.4 Å². The Hall–Kier alpha value is -4.60. The van der Waals surface area contributed by atoms with E-state index in [2.05, 4.69) is 45.9 Å². The highest BCUT2D eigenvalue weighted by Crippen LogP contribution is 2.34. The van der Waals surface area contributed by atoms with E-state index < -0.39 is 0 Å². The van der Waals surface area contributed by atoms with Crippen LogP contribution in [0.2, 0.25) is 0 Å². The first-order valence-corrected chi connectivity index (χ1v) is 13.8. The van der Waals surface area contributed by atoms with Crippen molar-refractivity contribution in [1.29, 1.82) is 0 Å². The predicted octanol–water partition coefficient (Wildman–Crippen LogP) is 4.38. The van der Waals surface area contributed by atoms with E-state index in [1.54, 1.807) is 38.8 Å². The third-order valence-electron chi connectivity index (χ3n) is 7.23. The lowest BCUT2D eigenvalue weighted by molar-refractivity contribution is 0.0826. The molecule has 0 saturated carbocycles. The van der Waals surface area contributed by atoms with E-state index in [1.807, 2.05) is 41.9 Å². The van der Waals surface area contributed by atoms with Gasteiger partial charge >= 0.3 is 0 Å². The molecule has 0 unspecified atom stereocenters. The van der Waals surface area contributed by atoms with E-state index in [4.69, 9.17) is 5.10 Å². The van der Waals surface area contributed by atoms with Crippen LogP contribution in [0.15, 0.2) is 55.0 Å². The molecule has 1 N–H and O–H groups in total. The zero-order chi connectivity index (χ0) is 29.3. The number of aryl methyl sites for hydroxylation is 1. The second-order valence-electron chi connectivity index (χ2n) is 11.1. The lowest BCUT2D eigenvalue weighted by Gasteiger charge is -2.33. The summed E-state index contributed by atoms with van der Waals surface area (Å²) in [5.41, 5.74) is 5.88. The molecule has 2 amide bonds. The van der Waals surface area contributed by atoms with E-state index in [0.717, 1.165) is 40.3 Å². The van der Waals surface area contributed by atoms with Gasteiger partial charge in [0.05, 0.1) is 5.56 Å². The van der Waals surface area contributed by atoms with Gasteiger partial charge < -0.3 is 15.1 Å². The van der Waals surface area contributed by atoms with Gasteiger partial charge in [-0.2, -0.15) is 5.10 Å². The van der Waals surface area contributed by atoms with Crippen LogP contribution in [0, 0.1) is 6.92 Å². The zero-order valence-electron chi connectivity index (χ0n) is 24.4. The van der Waals surface area contributed by atoms with Crippen LogP contribution in [-0.4, -0.2) is 62.1 Å². The molecule has 0 saturated heterocycles. The van der Waals surface area contributed by atoms with Crippen molar-refractivity contribution >= 4 is 17.6 Å². The summed E-state index contributed by atoms with van der Waals surface area (Å²) in [6.45, 7) is 9.88. The molecule has 1 atom stereocenters. The SMILES string of the molecule is Cc1cnc(-c2ccc(CNC(=O)c3nn(C(C)C)c4c3CN(c3ccc(C(=O)N(C)C)cn3)C[C@@H]4C)cc2)nc1. The molecule has 10 heteroatoms. The molecular weight excluding hydrogens is 516 g/mol. The number of fused-ring (bicyclic) bond motifs is 1. The van der Waals surface area contributed by atoms with E-state index in [-0.39, 0.29) is 23.8 Å². The summed E-state index contributed by atoms with van der Waals surface area (Å²) >= 11 is 0. The van der Waals surface area contributed by atoms with Gasteiger partial charge in [-0.3, -0.25) is 14.3 Å². The van der Waals surface area contributed by atoms with Crippen LogP contribution >= 0.6 is 0 Å². The average Bonchev–Trinajstić information content (AvgIpc) is 3.37. The number of nitrogens with zero attached hydrogens (tertiary/aromatic N) is 7. The van der Waals surface area contributed by atoms with Crippen molar-refractivity contribution in [3.8, 4) is 11.4 Å². The predicted molar refractivity (Wildman–Crippen MR) is 158 cm³/mol. The Balaban J connectivity index is 1.34. The van der Waals surface area contributed by atoms with Gasteiger partial charge in [-0.05, 0) is 44.0 Å². The van der Waals surface area contributed by atoms with Crippen molar-refractivity contribution in [2.75, 3.05) is 25.5 Å². The fourth-order valence-electron chi connectivity index (χ4n) is 5.12. The molecule has 5 rings (SSSR count). The molecule has 4 heterocycles. The molecule has 1 aliphatic rings. The Morgan fingerprint density at radius 1 is 1.02 bits per heavy atom. The molecular formula is C31H36N8O2. The van der Waals surface area contributed by atoms with Crippen LogP contribution in [0.4, 0.5) is 5.82 Å². The van der Waals surface area contributed by atoms with Crippen molar-refractivity contribution in [2.45, 2.75) is 52.7 Å². The number of benzene rings is 1. The topological polar surface area (TPSA) is 109 Å². The number of hydrogen-bond donors (Lipinski definition) is 1. The van der Waals surface area contributed by atoms with Crippen molar-refractivity contribution in [3.63, 3.8) is 0 Å². The molecule has 0 spiro atoms. The highest BCUT2D eigenvalue weighted by molar-refractivity contribution is 5.94. The highest BCUT2D eigenvalue weighted by Gasteiger charge is 2.33. The van der Waals surface area contributed by atoms with E-state index in [9.17, 15) is 9.59 Å². The van der Waals surface area contributed by atoms with Gasteiger partial charge in [0.2, 0.25) is 0 Å². The lowest BCUT2D eigenvalue weighted by Crippen LogP contribution is -2.35. The summed E-state index contributed by atoms with van der Waals surface area (Å²) < 4.78 is 1.98. The maximum atomic E-state index is 13.5. The number of hydrogen-bond acceptors (Lipinski definition) is 7. The number of rotatable bonds is 7. The van der Waals surface area contributed by atoms with E-state index >= 15 is 0 Å². The van der Waals surface area contributed by atoms with Crippen LogP contribution < -0.4 is 10.2 Å². The molecule has 41 heavy (non-hydrogen) atoms. The van der Waals surface area contributed by atoms with Crippen LogP contribution in [0.5, 0.6) is 0 Å². The minimum absolute atomic E-state index is 0.0892. The Kier molecular flexibility index (Phi) is 7.83. The fraction of sp³-hybridized carbons (Fsp3) is 0.355. The molecule has 0 fully saturated rings. The Morgan fingerprint density at radius 3 is 2.34 bits per heavy atom. The molecule has 0 bridgehead atoms. The zero-order valence-corrected chi connectivity index (χ0v) is 24.4. The van der Waals surface area contributed by atoms with Gasteiger partial charge in [-0.15, -0.1) is 0 Å². The quantitative estimate of drug-likeness (QED) is 0.362. The second-order valence-corrected chi connectivity index (χ2v) is 11.1. The molecule has 4 aromatic rings. The van der Waals surface area contributed by atoms with Crippen molar-refractivity contribution in [2.24, 2.45) is 0 Å². The Morgan fingerprint density at radius 2 is 1.73 bits per heavy atom. The van der Waals surface area contributed by atoms with Gasteiger partial charge in [0, 0.05) is 81.1 Å². The molecule has 0 radical (unpaired) electrons. The van der Waals surface area contributed by atoms with Crippen molar-refractivity contribution in [3.05, 3.63) is 88.6 Å². The van der Waals surface area contributed by atoms with Crippen LogP contribution in [0.1, 0.15) is 76.0 Å². The summed E-state index contributed by atoms with van der Waals surface area (Å²) in [7, 11) is 3.44. The second kappa shape index (κ2) is 11.5. The number of pyridine rings is 1. The number of anilines is 1. The minimum atomic E-state index is -0.208. The normalized spacial score (nSPS) is 14.6. The number of carbonyl (C=O) groups is 2. The van der Waals surface area contributed by atoms with Gasteiger partial charge in [-0.25, -0.2) is 15.0 Å². The third kappa shape index (κ3) is 5.82. The summed E-state index contributed by atoms with van der Waals surface area (Å²) in [5, 5.41) is 7.85. The van der Waals surface area contributed by atoms with Crippen LogP contribution in [-0.2, 0) is 13.1 Å². The highest BCUT2D eigenvalue weighted by atomic mass is 16.2. The minimum Gasteiger partial charge on any atom is -0.351 e. The summed E-state index contributed by atoms with van der Waals surface area (Å²) in [4.78, 5) is 42.8. The summed E-state index contributed by atoms with van der Waals surface area (Å²) in [6, 6.07) is 11.7. The van der Waals surface area contributed by atoms with Crippen molar-refractivity contribution < 1.29 is 9.59 Å². The fourth-order valence-corrected chi connectivity index (χ4v) is 5.12. The lowest BCUT2D eigenvalue weighted by atomic mass is 9.95. The Bertz CT molecular complexity index is 1540.